The van der Waals surface area contributed by atoms with Crippen molar-refractivity contribution >= 4 is 23.9 Å². The summed E-state index contributed by atoms with van der Waals surface area (Å²) in [4.78, 5) is 27.6. The fourth-order valence-corrected chi connectivity index (χ4v) is 2.49. The van der Waals surface area contributed by atoms with Gasteiger partial charge in [-0.2, -0.15) is 0 Å². The molecule has 6 nitrogen and oxygen atoms in total. The molecule has 0 saturated carbocycles. The Balaban J connectivity index is 1.94. The number of esters is 2. The highest BCUT2D eigenvalue weighted by Crippen LogP contribution is 2.30. The summed E-state index contributed by atoms with van der Waals surface area (Å²) in [5, 5.41) is 0. The summed E-state index contributed by atoms with van der Waals surface area (Å²) in [5.41, 5.74) is 2.57. The molecule has 0 radical (unpaired) electrons. The number of hydrogen-bond acceptors (Lipinski definition) is 6. The largest absolute Gasteiger partial charge is 0.493 e. The number of aryl methyl sites for hydroxylation is 1. The van der Waals surface area contributed by atoms with Gasteiger partial charge in [0.1, 0.15) is 0 Å². The minimum absolute atomic E-state index is 0.167. The van der Waals surface area contributed by atoms with E-state index in [1.54, 1.807) is 24.3 Å². The molecule has 1 aliphatic heterocycles. The first kappa shape index (κ1) is 17.4. The Labute approximate surface area is 150 Å². The Morgan fingerprint density at radius 3 is 2.65 bits per heavy atom. The summed E-state index contributed by atoms with van der Waals surface area (Å²) in [6, 6.07) is 12.5. The normalized spacial score (nSPS) is 14.8. The monoisotopic (exact) mass is 351 g/mol. The molecule has 0 atom stereocenters. The predicted molar refractivity (Wildman–Crippen MR) is 96.1 cm³/mol. The van der Waals surface area contributed by atoms with Crippen molar-refractivity contribution in [2.24, 2.45) is 4.99 Å². The van der Waals surface area contributed by atoms with Gasteiger partial charge in [0.25, 0.3) is 0 Å². The number of methoxy groups -OCH3 is 1. The third kappa shape index (κ3) is 3.80. The average molecular weight is 351 g/mol. The van der Waals surface area contributed by atoms with Crippen LogP contribution in [0.15, 0.2) is 53.2 Å². The molecule has 1 heterocycles. The molecule has 6 heteroatoms. The highest BCUT2D eigenvalue weighted by Gasteiger charge is 2.24. The van der Waals surface area contributed by atoms with Crippen LogP contribution in [0.25, 0.3) is 6.08 Å². The molecule has 0 fully saturated rings. The summed E-state index contributed by atoms with van der Waals surface area (Å²) >= 11 is 0. The highest BCUT2D eigenvalue weighted by molar-refractivity contribution is 6.12. The van der Waals surface area contributed by atoms with Crippen LogP contribution in [0.4, 0.5) is 0 Å². The zero-order valence-corrected chi connectivity index (χ0v) is 14.6. The molecule has 132 valence electrons. The van der Waals surface area contributed by atoms with Gasteiger partial charge >= 0.3 is 11.9 Å². The van der Waals surface area contributed by atoms with Gasteiger partial charge in [-0.05, 0) is 42.8 Å². The molecule has 2 aromatic carbocycles. The molecule has 0 spiro atoms. The van der Waals surface area contributed by atoms with Gasteiger partial charge in [0.2, 0.25) is 5.90 Å². The SMILES string of the molecule is COc1ccc(/C=C2\N=C(c3cccc(C)c3)OC2=O)cc1OC(C)=O. The fraction of sp³-hybridized carbons (Fsp3) is 0.150. The molecule has 26 heavy (non-hydrogen) atoms. The van der Waals surface area contributed by atoms with Crippen molar-refractivity contribution in [2.45, 2.75) is 13.8 Å². The van der Waals surface area contributed by atoms with E-state index >= 15 is 0 Å². The van der Waals surface area contributed by atoms with Crippen LogP contribution < -0.4 is 9.47 Å². The number of hydrogen-bond donors (Lipinski definition) is 0. The van der Waals surface area contributed by atoms with E-state index < -0.39 is 11.9 Å². The van der Waals surface area contributed by atoms with Gasteiger partial charge in [-0.3, -0.25) is 4.79 Å². The van der Waals surface area contributed by atoms with Crippen molar-refractivity contribution < 1.29 is 23.8 Å². The van der Waals surface area contributed by atoms with E-state index in [2.05, 4.69) is 4.99 Å². The number of cyclic esters (lactones) is 1. The number of aliphatic imine (C=N–C) groups is 1. The molecule has 0 bridgehead atoms. The Kier molecular flexibility index (Phi) is 4.84. The summed E-state index contributed by atoms with van der Waals surface area (Å²) in [6.45, 7) is 3.25. The van der Waals surface area contributed by atoms with Crippen molar-refractivity contribution in [1.82, 2.24) is 0 Å². The van der Waals surface area contributed by atoms with Gasteiger partial charge in [-0.1, -0.05) is 23.8 Å². The van der Waals surface area contributed by atoms with Crippen LogP contribution in [0.5, 0.6) is 11.5 Å². The third-order valence-electron chi connectivity index (χ3n) is 3.63. The van der Waals surface area contributed by atoms with Gasteiger partial charge in [0.05, 0.1) is 7.11 Å². The second kappa shape index (κ2) is 7.23. The molecule has 0 aromatic heterocycles. The molecule has 0 aliphatic carbocycles. The summed E-state index contributed by atoms with van der Waals surface area (Å²) in [7, 11) is 1.48. The maximum Gasteiger partial charge on any atom is 0.363 e. The molecule has 0 amide bonds. The maximum absolute atomic E-state index is 12.1. The van der Waals surface area contributed by atoms with Crippen molar-refractivity contribution in [1.29, 1.82) is 0 Å². The van der Waals surface area contributed by atoms with Gasteiger partial charge in [-0.15, -0.1) is 0 Å². The lowest BCUT2D eigenvalue weighted by Gasteiger charge is -2.08. The van der Waals surface area contributed by atoms with E-state index in [0.717, 1.165) is 11.1 Å². The molecule has 3 rings (SSSR count). The number of carbonyl (C=O) groups is 2. The number of carbonyl (C=O) groups excluding carboxylic acids is 2. The number of rotatable bonds is 4. The zero-order chi connectivity index (χ0) is 18.7. The molecular formula is C20H17NO5. The van der Waals surface area contributed by atoms with Gasteiger partial charge in [0.15, 0.2) is 17.2 Å². The molecule has 1 aliphatic rings. The Hall–Kier alpha value is -3.41. The van der Waals surface area contributed by atoms with E-state index in [9.17, 15) is 9.59 Å². The number of benzene rings is 2. The maximum atomic E-state index is 12.1. The van der Waals surface area contributed by atoms with E-state index in [4.69, 9.17) is 14.2 Å². The first-order chi connectivity index (χ1) is 12.5. The summed E-state index contributed by atoms with van der Waals surface area (Å²) < 4.78 is 15.5. The van der Waals surface area contributed by atoms with Crippen LogP contribution in [-0.2, 0) is 14.3 Å². The number of ether oxygens (including phenoxy) is 3. The Morgan fingerprint density at radius 2 is 1.96 bits per heavy atom. The van der Waals surface area contributed by atoms with Crippen LogP contribution >= 0.6 is 0 Å². The van der Waals surface area contributed by atoms with E-state index in [1.165, 1.54) is 14.0 Å². The number of nitrogens with zero attached hydrogens (tertiary/aromatic N) is 1. The first-order valence-corrected chi connectivity index (χ1v) is 7.92. The molecular weight excluding hydrogens is 334 g/mol. The van der Waals surface area contributed by atoms with Gasteiger partial charge < -0.3 is 14.2 Å². The molecule has 0 saturated heterocycles. The second-order valence-corrected chi connectivity index (χ2v) is 5.71. The third-order valence-corrected chi connectivity index (χ3v) is 3.63. The van der Waals surface area contributed by atoms with Crippen molar-refractivity contribution in [2.75, 3.05) is 7.11 Å². The fourth-order valence-electron chi connectivity index (χ4n) is 2.49. The van der Waals surface area contributed by atoms with Crippen molar-refractivity contribution in [3.63, 3.8) is 0 Å². The smallest absolute Gasteiger partial charge is 0.363 e. The lowest BCUT2D eigenvalue weighted by molar-refractivity contribution is -0.132. The Morgan fingerprint density at radius 1 is 1.15 bits per heavy atom. The first-order valence-electron chi connectivity index (χ1n) is 7.92. The van der Waals surface area contributed by atoms with Crippen LogP contribution in [-0.4, -0.2) is 24.9 Å². The van der Waals surface area contributed by atoms with Gasteiger partial charge in [0, 0.05) is 12.5 Å². The van der Waals surface area contributed by atoms with E-state index in [1.807, 2.05) is 31.2 Å². The lowest BCUT2D eigenvalue weighted by atomic mass is 10.1. The summed E-state index contributed by atoms with van der Waals surface area (Å²) in [6.07, 6.45) is 1.57. The highest BCUT2D eigenvalue weighted by atomic mass is 16.6. The standard InChI is InChI=1S/C20H17NO5/c1-12-5-4-6-15(9-12)19-21-16(20(23)26-19)10-14-7-8-17(24-3)18(11-14)25-13(2)22/h4-11H,1-3H3/b16-10-. The minimum Gasteiger partial charge on any atom is -0.493 e. The van der Waals surface area contributed by atoms with Crippen molar-refractivity contribution in [3.8, 4) is 11.5 Å². The van der Waals surface area contributed by atoms with Crippen molar-refractivity contribution in [3.05, 3.63) is 64.9 Å². The van der Waals surface area contributed by atoms with Crippen LogP contribution in [0.1, 0.15) is 23.6 Å². The predicted octanol–water partition coefficient (Wildman–Crippen LogP) is 3.27. The van der Waals surface area contributed by atoms with Crippen LogP contribution in [0.3, 0.4) is 0 Å². The van der Waals surface area contributed by atoms with E-state index in [0.29, 0.717) is 11.3 Å². The average Bonchev–Trinajstić information content (AvgIpc) is 2.95. The molecule has 0 N–H and O–H groups in total. The lowest BCUT2D eigenvalue weighted by Crippen LogP contribution is -2.05. The molecule has 0 unspecified atom stereocenters. The minimum atomic E-state index is -0.536. The van der Waals surface area contributed by atoms with Crippen LogP contribution in [0, 0.1) is 6.92 Å². The second-order valence-electron chi connectivity index (χ2n) is 5.71. The zero-order valence-electron chi connectivity index (χ0n) is 14.6. The Bertz CT molecular complexity index is 943. The van der Waals surface area contributed by atoms with Gasteiger partial charge in [-0.25, -0.2) is 9.79 Å². The molecule has 2 aromatic rings. The quantitative estimate of drug-likeness (QED) is 0.480. The van der Waals surface area contributed by atoms with Crippen LogP contribution in [0.2, 0.25) is 0 Å². The summed E-state index contributed by atoms with van der Waals surface area (Å²) in [5.74, 6) is -0.0536. The van der Waals surface area contributed by atoms with E-state index in [-0.39, 0.29) is 17.3 Å². The topological polar surface area (TPSA) is 74.2 Å².